The minimum Gasteiger partial charge on any atom is -0.481 e. The molecule has 0 spiro atoms. The van der Waals surface area contributed by atoms with E-state index in [1.165, 1.54) is 18.7 Å². The number of carbonyl (C=O) groups is 2. The largest absolute Gasteiger partial charge is 0.481 e. The molecule has 0 bridgehead atoms. The van der Waals surface area contributed by atoms with Gasteiger partial charge in [0.2, 0.25) is 0 Å². The molecule has 0 saturated heterocycles. The average Bonchev–Trinajstić information content (AvgIpc) is 2.16. The molecule has 1 aromatic carbocycles. The third kappa shape index (κ3) is 3.58. The van der Waals surface area contributed by atoms with Gasteiger partial charge in [0.05, 0.1) is 6.42 Å². The highest BCUT2D eigenvalue weighted by atomic mass is 32.2. The van der Waals surface area contributed by atoms with Crippen LogP contribution in [0.3, 0.4) is 0 Å². The second-order valence-corrected chi connectivity index (χ2v) is 3.99. The lowest BCUT2D eigenvalue weighted by Gasteiger charge is -2.07. The van der Waals surface area contributed by atoms with Gasteiger partial charge in [-0.2, -0.15) is 0 Å². The molecule has 0 aliphatic carbocycles. The lowest BCUT2D eigenvalue weighted by molar-refractivity contribution is -0.136. The molecular formula is C11H12O4S. The summed E-state index contributed by atoms with van der Waals surface area (Å²) in [6.07, 6.45) is 1.79. The predicted molar refractivity (Wildman–Crippen MR) is 60.9 cm³/mol. The van der Waals surface area contributed by atoms with Crippen LogP contribution in [0, 0.1) is 0 Å². The number of esters is 1. The SMILES string of the molecule is CSc1ccc(OC(C)=O)cc1CC(=O)O. The molecule has 16 heavy (non-hydrogen) atoms. The zero-order chi connectivity index (χ0) is 12.1. The first-order valence-corrected chi connectivity index (χ1v) is 5.82. The lowest BCUT2D eigenvalue weighted by Crippen LogP contribution is -2.04. The van der Waals surface area contributed by atoms with Gasteiger partial charge in [-0.1, -0.05) is 0 Å². The molecule has 0 heterocycles. The van der Waals surface area contributed by atoms with Crippen LogP contribution in [0.15, 0.2) is 23.1 Å². The zero-order valence-electron chi connectivity index (χ0n) is 9.02. The van der Waals surface area contributed by atoms with Crippen molar-refractivity contribution in [3.8, 4) is 5.75 Å². The smallest absolute Gasteiger partial charge is 0.308 e. The van der Waals surface area contributed by atoms with Crippen molar-refractivity contribution in [1.29, 1.82) is 0 Å². The van der Waals surface area contributed by atoms with Crippen molar-refractivity contribution in [3.63, 3.8) is 0 Å². The summed E-state index contributed by atoms with van der Waals surface area (Å²) in [5.74, 6) is -0.949. The van der Waals surface area contributed by atoms with Crippen LogP contribution >= 0.6 is 11.8 Å². The topological polar surface area (TPSA) is 63.6 Å². The molecule has 0 aliphatic heterocycles. The van der Waals surface area contributed by atoms with Crippen LogP contribution in [0.4, 0.5) is 0 Å². The summed E-state index contributed by atoms with van der Waals surface area (Å²) in [5, 5.41) is 8.74. The van der Waals surface area contributed by atoms with Gasteiger partial charge in [0.15, 0.2) is 0 Å². The molecule has 0 amide bonds. The Balaban J connectivity index is 3.00. The Hall–Kier alpha value is -1.49. The molecule has 5 heteroatoms. The van der Waals surface area contributed by atoms with E-state index in [9.17, 15) is 9.59 Å². The molecule has 4 nitrogen and oxygen atoms in total. The summed E-state index contributed by atoms with van der Waals surface area (Å²) in [6.45, 7) is 1.30. The average molecular weight is 240 g/mol. The van der Waals surface area contributed by atoms with E-state index in [0.717, 1.165) is 4.90 Å². The van der Waals surface area contributed by atoms with Crippen molar-refractivity contribution in [2.45, 2.75) is 18.2 Å². The molecule has 0 radical (unpaired) electrons. The van der Waals surface area contributed by atoms with Gasteiger partial charge < -0.3 is 9.84 Å². The van der Waals surface area contributed by atoms with Crippen molar-refractivity contribution in [1.82, 2.24) is 0 Å². The predicted octanol–water partition coefficient (Wildman–Crippen LogP) is 1.96. The molecule has 1 N–H and O–H groups in total. The number of benzene rings is 1. The van der Waals surface area contributed by atoms with Crippen LogP contribution in [0.5, 0.6) is 5.75 Å². The van der Waals surface area contributed by atoms with Gasteiger partial charge in [-0.05, 0) is 30.0 Å². The molecule has 1 rings (SSSR count). The molecule has 0 fully saturated rings. The maximum atomic E-state index is 10.8. The number of hydrogen-bond acceptors (Lipinski definition) is 4. The Morgan fingerprint density at radius 2 is 2.12 bits per heavy atom. The van der Waals surface area contributed by atoms with E-state index in [0.29, 0.717) is 11.3 Å². The fourth-order valence-electron chi connectivity index (χ4n) is 1.29. The maximum Gasteiger partial charge on any atom is 0.308 e. The van der Waals surface area contributed by atoms with E-state index in [1.54, 1.807) is 18.2 Å². The van der Waals surface area contributed by atoms with Gasteiger partial charge in [0, 0.05) is 11.8 Å². The van der Waals surface area contributed by atoms with Crippen LogP contribution in [0.2, 0.25) is 0 Å². The number of hydrogen-bond donors (Lipinski definition) is 1. The molecule has 0 aromatic heterocycles. The highest BCUT2D eigenvalue weighted by Gasteiger charge is 2.09. The molecule has 0 saturated carbocycles. The number of aliphatic carboxylic acids is 1. The Morgan fingerprint density at radius 3 is 2.62 bits per heavy atom. The van der Waals surface area contributed by atoms with Gasteiger partial charge in [-0.3, -0.25) is 9.59 Å². The Morgan fingerprint density at radius 1 is 1.44 bits per heavy atom. The summed E-state index contributed by atoms with van der Waals surface area (Å²) >= 11 is 1.46. The molecule has 1 aromatic rings. The Bertz CT molecular complexity index is 414. The summed E-state index contributed by atoms with van der Waals surface area (Å²) in [6, 6.07) is 4.99. The first kappa shape index (κ1) is 12.6. The minimum atomic E-state index is -0.907. The van der Waals surface area contributed by atoms with Crippen LogP contribution in [0.1, 0.15) is 12.5 Å². The fourth-order valence-corrected chi connectivity index (χ4v) is 1.88. The second-order valence-electron chi connectivity index (χ2n) is 3.14. The standard InChI is InChI=1S/C11H12O4S/c1-7(12)15-9-3-4-10(16-2)8(5-9)6-11(13)14/h3-5H,6H2,1-2H3,(H,13,14). The Kier molecular flexibility index (Phi) is 4.37. The van der Waals surface area contributed by atoms with Gasteiger partial charge in [0.25, 0.3) is 0 Å². The van der Waals surface area contributed by atoms with E-state index >= 15 is 0 Å². The van der Waals surface area contributed by atoms with Crippen LogP contribution < -0.4 is 4.74 Å². The number of carbonyl (C=O) groups excluding carboxylic acids is 1. The summed E-state index contributed by atoms with van der Waals surface area (Å²) in [7, 11) is 0. The van der Waals surface area contributed by atoms with E-state index < -0.39 is 11.9 Å². The first-order chi connectivity index (χ1) is 7.52. The third-order valence-corrected chi connectivity index (χ3v) is 2.69. The van der Waals surface area contributed by atoms with Crippen molar-refractivity contribution < 1.29 is 19.4 Å². The van der Waals surface area contributed by atoms with Crippen LogP contribution in [-0.4, -0.2) is 23.3 Å². The quantitative estimate of drug-likeness (QED) is 0.495. The summed E-state index contributed by atoms with van der Waals surface area (Å²) in [4.78, 5) is 22.3. The Labute approximate surface area is 97.6 Å². The first-order valence-electron chi connectivity index (χ1n) is 4.60. The van der Waals surface area contributed by atoms with Gasteiger partial charge in [-0.15, -0.1) is 11.8 Å². The molecule has 0 atom stereocenters. The van der Waals surface area contributed by atoms with Gasteiger partial charge in [0.1, 0.15) is 5.75 Å². The van der Waals surface area contributed by atoms with Crippen molar-refractivity contribution in [2.75, 3.05) is 6.26 Å². The molecular weight excluding hydrogens is 228 g/mol. The number of rotatable bonds is 4. The van der Waals surface area contributed by atoms with Crippen molar-refractivity contribution >= 4 is 23.7 Å². The fraction of sp³-hybridized carbons (Fsp3) is 0.273. The number of carboxylic acids is 1. The maximum absolute atomic E-state index is 10.8. The van der Waals surface area contributed by atoms with Gasteiger partial charge >= 0.3 is 11.9 Å². The van der Waals surface area contributed by atoms with E-state index in [-0.39, 0.29) is 6.42 Å². The summed E-state index contributed by atoms with van der Waals surface area (Å²) in [5.41, 5.74) is 0.652. The van der Waals surface area contributed by atoms with Crippen LogP contribution in [0.25, 0.3) is 0 Å². The van der Waals surface area contributed by atoms with Crippen LogP contribution in [-0.2, 0) is 16.0 Å². The second kappa shape index (κ2) is 5.55. The number of carboxylic acid groups (broad SMARTS) is 1. The minimum absolute atomic E-state index is 0.0781. The van der Waals surface area contributed by atoms with Gasteiger partial charge in [-0.25, -0.2) is 0 Å². The van der Waals surface area contributed by atoms with Crippen molar-refractivity contribution in [2.24, 2.45) is 0 Å². The molecule has 0 unspecified atom stereocenters. The number of ether oxygens (including phenoxy) is 1. The van der Waals surface area contributed by atoms with E-state index in [2.05, 4.69) is 0 Å². The zero-order valence-corrected chi connectivity index (χ0v) is 9.84. The highest BCUT2D eigenvalue weighted by Crippen LogP contribution is 2.25. The summed E-state index contributed by atoms with van der Waals surface area (Å²) < 4.78 is 4.89. The lowest BCUT2D eigenvalue weighted by atomic mass is 10.1. The molecule has 86 valence electrons. The normalized spacial score (nSPS) is 9.88. The number of thioether (sulfide) groups is 1. The highest BCUT2D eigenvalue weighted by molar-refractivity contribution is 7.98. The van der Waals surface area contributed by atoms with E-state index in [1.807, 2.05) is 6.26 Å². The third-order valence-electron chi connectivity index (χ3n) is 1.86. The van der Waals surface area contributed by atoms with E-state index in [4.69, 9.17) is 9.84 Å². The van der Waals surface area contributed by atoms with Crippen molar-refractivity contribution in [3.05, 3.63) is 23.8 Å². The monoisotopic (exact) mass is 240 g/mol. The molecule has 0 aliphatic rings.